The second-order valence-electron chi connectivity index (χ2n) is 14.5. The number of H-pyrrole nitrogens is 1. The summed E-state index contributed by atoms with van der Waals surface area (Å²) in [5, 5.41) is 4.57. The highest BCUT2D eigenvalue weighted by Crippen LogP contribution is 2.43. The molecule has 4 heteroatoms. The maximum Gasteiger partial charge on any atom is 0.153 e. The van der Waals surface area contributed by atoms with E-state index < -0.39 is 0 Å². The molecule has 0 fully saturated rings. The predicted octanol–water partition coefficient (Wildman–Crippen LogP) is 11.6. The average Bonchev–Trinajstić information content (AvgIpc) is 3.61. The third kappa shape index (κ3) is 4.68. The van der Waals surface area contributed by atoms with Gasteiger partial charge in [0, 0.05) is 38.2 Å². The lowest BCUT2D eigenvalue weighted by Crippen LogP contribution is -2.11. The normalized spacial score (nSPS) is 12.6. The van der Waals surface area contributed by atoms with Gasteiger partial charge in [-0.2, -0.15) is 0 Å². The van der Waals surface area contributed by atoms with E-state index in [-0.39, 0.29) is 10.8 Å². The number of para-hydroxylation sites is 1. The molecule has 4 nitrogen and oxygen atoms in total. The fourth-order valence-corrected chi connectivity index (χ4v) is 6.51. The van der Waals surface area contributed by atoms with Crippen molar-refractivity contribution >= 4 is 43.7 Å². The van der Waals surface area contributed by atoms with E-state index in [9.17, 15) is 0 Å². The van der Waals surface area contributed by atoms with Crippen LogP contribution in [0.25, 0.3) is 77.5 Å². The van der Waals surface area contributed by atoms with Crippen LogP contribution >= 0.6 is 0 Å². The van der Waals surface area contributed by atoms with Crippen LogP contribution in [-0.2, 0) is 10.8 Å². The number of furan rings is 1. The Kier molecular flexibility index (Phi) is 6.24. The van der Waals surface area contributed by atoms with Crippen molar-refractivity contribution in [1.82, 2.24) is 15.0 Å². The number of hydrogen-bond donors (Lipinski definition) is 1. The van der Waals surface area contributed by atoms with E-state index in [1.807, 2.05) is 24.4 Å². The number of benzene rings is 4. The lowest BCUT2D eigenvalue weighted by Gasteiger charge is -2.21. The Morgan fingerprint density at radius 3 is 1.80 bits per heavy atom. The fourth-order valence-electron chi connectivity index (χ4n) is 6.51. The minimum Gasteiger partial charge on any atom is -0.454 e. The molecule has 8 rings (SSSR count). The van der Waals surface area contributed by atoms with Gasteiger partial charge in [-0.25, -0.2) is 4.98 Å². The minimum absolute atomic E-state index is 0.0526. The first-order chi connectivity index (χ1) is 22.0. The summed E-state index contributed by atoms with van der Waals surface area (Å²) in [6, 6.07) is 36.5. The van der Waals surface area contributed by atoms with Crippen molar-refractivity contribution in [2.24, 2.45) is 0 Å². The van der Waals surface area contributed by atoms with Crippen molar-refractivity contribution in [3.05, 3.63) is 120 Å². The second kappa shape index (κ2) is 10.1. The molecule has 0 unspecified atom stereocenters. The van der Waals surface area contributed by atoms with E-state index in [0.29, 0.717) is 0 Å². The number of aromatic nitrogens is 3. The molecule has 0 bridgehead atoms. The van der Waals surface area contributed by atoms with Gasteiger partial charge in [0.25, 0.3) is 0 Å². The van der Waals surface area contributed by atoms with Crippen molar-refractivity contribution in [3.8, 4) is 33.8 Å². The summed E-state index contributed by atoms with van der Waals surface area (Å²) < 4.78 is 6.13. The lowest BCUT2D eigenvalue weighted by atomic mass is 9.83. The summed E-state index contributed by atoms with van der Waals surface area (Å²) >= 11 is 0. The van der Waals surface area contributed by atoms with Crippen molar-refractivity contribution in [3.63, 3.8) is 0 Å². The van der Waals surface area contributed by atoms with Gasteiger partial charge in [0.2, 0.25) is 0 Å². The van der Waals surface area contributed by atoms with E-state index in [1.165, 1.54) is 21.9 Å². The van der Waals surface area contributed by atoms with E-state index in [2.05, 4.69) is 131 Å². The number of pyridine rings is 2. The summed E-state index contributed by atoms with van der Waals surface area (Å²) in [6.45, 7) is 13.7. The Labute approximate surface area is 269 Å². The van der Waals surface area contributed by atoms with Crippen molar-refractivity contribution in [2.75, 3.05) is 0 Å². The Hall–Kier alpha value is -5.22. The highest BCUT2D eigenvalue weighted by Gasteiger charge is 2.24. The number of rotatable bonds is 3. The molecule has 4 aromatic carbocycles. The van der Waals surface area contributed by atoms with E-state index in [4.69, 9.17) is 14.4 Å². The molecule has 0 aliphatic heterocycles. The first kappa shape index (κ1) is 28.3. The van der Waals surface area contributed by atoms with Gasteiger partial charge in [0.15, 0.2) is 5.58 Å². The number of fused-ring (bicyclic) bond motifs is 6. The van der Waals surface area contributed by atoms with Gasteiger partial charge < -0.3 is 9.40 Å². The van der Waals surface area contributed by atoms with E-state index in [1.54, 1.807) is 0 Å². The van der Waals surface area contributed by atoms with Gasteiger partial charge in [-0.3, -0.25) is 4.98 Å². The second-order valence-corrected chi connectivity index (χ2v) is 14.5. The van der Waals surface area contributed by atoms with Crippen LogP contribution in [0, 0.1) is 0 Å². The zero-order valence-electron chi connectivity index (χ0n) is 27.2. The van der Waals surface area contributed by atoms with Crippen LogP contribution in [0.5, 0.6) is 0 Å². The Morgan fingerprint density at radius 2 is 1.13 bits per heavy atom. The van der Waals surface area contributed by atoms with Crippen LogP contribution in [0.2, 0.25) is 0 Å². The van der Waals surface area contributed by atoms with Gasteiger partial charge in [-0.05, 0) is 70.5 Å². The smallest absolute Gasteiger partial charge is 0.153 e. The zero-order chi connectivity index (χ0) is 31.8. The molecule has 8 aromatic rings. The summed E-state index contributed by atoms with van der Waals surface area (Å²) in [4.78, 5) is 14.1. The lowest BCUT2D eigenvalue weighted by molar-refractivity contribution is 0.590. The molecule has 46 heavy (non-hydrogen) atoms. The Morgan fingerprint density at radius 1 is 0.522 bits per heavy atom. The standard InChI is InChI=1S/C42H37N3O/c1-41(2,3)26-19-30-31-20-27(42(4,5)6)22-33(36-23-29-28-15-10-11-18-37(28)46-38(29)24-43-36)40(31)45-39(30)32(21-26)35-17-12-16-34(44-35)25-13-8-7-9-14-25/h7-24,45H,1-6H3. The molecule has 0 radical (unpaired) electrons. The third-order valence-corrected chi connectivity index (χ3v) is 9.18. The maximum absolute atomic E-state index is 6.13. The van der Waals surface area contributed by atoms with Gasteiger partial charge in [0.05, 0.1) is 34.3 Å². The fraction of sp³-hybridized carbons (Fsp3) is 0.190. The van der Waals surface area contributed by atoms with Crippen molar-refractivity contribution in [1.29, 1.82) is 0 Å². The van der Waals surface area contributed by atoms with Crippen molar-refractivity contribution in [2.45, 2.75) is 52.4 Å². The molecule has 0 saturated carbocycles. The van der Waals surface area contributed by atoms with E-state index in [0.717, 1.165) is 66.7 Å². The van der Waals surface area contributed by atoms with Gasteiger partial charge >= 0.3 is 0 Å². The molecular weight excluding hydrogens is 562 g/mol. The molecule has 0 atom stereocenters. The molecule has 0 spiro atoms. The molecule has 1 N–H and O–H groups in total. The molecule has 4 aromatic heterocycles. The number of hydrogen-bond acceptors (Lipinski definition) is 3. The summed E-state index contributed by atoms with van der Waals surface area (Å²) in [5.74, 6) is 0. The molecule has 4 heterocycles. The van der Waals surface area contributed by atoms with Gasteiger partial charge in [0.1, 0.15) is 5.58 Å². The zero-order valence-corrected chi connectivity index (χ0v) is 27.2. The number of nitrogens with one attached hydrogen (secondary N) is 1. The van der Waals surface area contributed by atoms with E-state index >= 15 is 0 Å². The number of nitrogens with zero attached hydrogens (tertiary/aromatic N) is 2. The van der Waals surface area contributed by atoms with Gasteiger partial charge in [-0.1, -0.05) is 96.1 Å². The summed E-state index contributed by atoms with van der Waals surface area (Å²) in [5.41, 5.74) is 12.4. The summed E-state index contributed by atoms with van der Waals surface area (Å²) in [7, 11) is 0. The van der Waals surface area contributed by atoms with Crippen LogP contribution in [0.15, 0.2) is 114 Å². The predicted molar refractivity (Wildman–Crippen MR) is 192 cm³/mol. The molecule has 0 aliphatic rings. The average molecular weight is 600 g/mol. The number of aromatic amines is 1. The highest BCUT2D eigenvalue weighted by molar-refractivity contribution is 6.16. The maximum atomic E-state index is 6.13. The Balaban J connectivity index is 1.44. The molecule has 0 saturated heterocycles. The summed E-state index contributed by atoms with van der Waals surface area (Å²) in [6.07, 6.45) is 1.87. The SMILES string of the molecule is CC(C)(C)c1cc(-c2cc3c(cn2)oc2ccccc23)c2[nH]c3c(-c4cccc(-c5ccccc5)n4)cc(C(C)(C)C)cc3c2c1. The van der Waals surface area contributed by atoms with Crippen LogP contribution in [0.1, 0.15) is 52.7 Å². The Bertz CT molecular complexity index is 2430. The first-order valence-corrected chi connectivity index (χ1v) is 16.0. The first-order valence-electron chi connectivity index (χ1n) is 16.0. The highest BCUT2D eigenvalue weighted by atomic mass is 16.3. The molecule has 226 valence electrons. The van der Waals surface area contributed by atoms with Crippen LogP contribution < -0.4 is 0 Å². The molecule has 0 aliphatic carbocycles. The topological polar surface area (TPSA) is 54.7 Å². The molecule has 0 amide bonds. The monoisotopic (exact) mass is 599 g/mol. The largest absolute Gasteiger partial charge is 0.454 e. The van der Waals surface area contributed by atoms with Crippen molar-refractivity contribution < 1.29 is 4.42 Å². The molecular formula is C42H37N3O. The van der Waals surface area contributed by atoms with Gasteiger partial charge in [-0.15, -0.1) is 0 Å². The quantitative estimate of drug-likeness (QED) is 0.220. The van der Waals surface area contributed by atoms with Crippen LogP contribution in [-0.4, -0.2) is 15.0 Å². The van der Waals surface area contributed by atoms with Crippen LogP contribution in [0.4, 0.5) is 0 Å². The van der Waals surface area contributed by atoms with Crippen LogP contribution in [0.3, 0.4) is 0 Å². The minimum atomic E-state index is -0.0605. The third-order valence-electron chi connectivity index (χ3n) is 9.18.